The number of rotatable bonds is 2. The Balaban J connectivity index is 0.00000180. The van der Waals surface area contributed by atoms with Gasteiger partial charge in [0.05, 0.1) is 11.1 Å². The van der Waals surface area contributed by atoms with E-state index in [0.717, 1.165) is 38.7 Å². The minimum absolute atomic E-state index is 0. The van der Waals surface area contributed by atoms with E-state index in [0.29, 0.717) is 23.5 Å². The maximum absolute atomic E-state index is 6.14. The number of nitrogens with one attached hydrogen (secondary N) is 1. The maximum atomic E-state index is 6.14. The molecule has 1 spiro atoms. The van der Waals surface area contributed by atoms with Gasteiger partial charge in [-0.1, -0.05) is 12.8 Å². The monoisotopic (exact) mass is 502 g/mol. The van der Waals surface area contributed by atoms with Gasteiger partial charge in [0.25, 0.3) is 0 Å². The van der Waals surface area contributed by atoms with Gasteiger partial charge in [-0.3, -0.25) is 4.99 Å². The Labute approximate surface area is 183 Å². The van der Waals surface area contributed by atoms with Crippen LogP contribution in [0.2, 0.25) is 0 Å². The number of hydrogen-bond acceptors (Lipinski definition) is 4. The molecule has 27 heavy (non-hydrogen) atoms. The highest BCUT2D eigenvalue weighted by Gasteiger charge is 2.65. The van der Waals surface area contributed by atoms with E-state index in [4.69, 9.17) is 4.74 Å². The van der Waals surface area contributed by atoms with E-state index in [1.165, 1.54) is 37.1 Å². The number of halogens is 1. The molecule has 0 amide bonds. The van der Waals surface area contributed by atoms with E-state index in [1.54, 1.807) is 0 Å². The normalized spacial score (nSPS) is 32.2. The van der Waals surface area contributed by atoms with Crippen LogP contribution in [0.25, 0.3) is 0 Å². The molecule has 0 radical (unpaired) electrons. The Bertz CT molecular complexity index is 653. The molecule has 3 heterocycles. The van der Waals surface area contributed by atoms with Crippen LogP contribution in [-0.2, 0) is 4.74 Å². The summed E-state index contributed by atoms with van der Waals surface area (Å²) >= 11 is 1.84. The molecule has 150 valence electrons. The smallest absolute Gasteiger partial charge is 0.194 e. The molecule has 1 aromatic rings. The number of fused-ring (bicyclic) bond motifs is 2. The zero-order valence-corrected chi connectivity index (χ0v) is 19.2. The predicted octanol–water partition coefficient (Wildman–Crippen LogP) is 3.41. The summed E-state index contributed by atoms with van der Waals surface area (Å²) in [5, 5.41) is 7.46. The topological polar surface area (TPSA) is 40.1 Å². The number of thiophene rings is 1. The van der Waals surface area contributed by atoms with Crippen LogP contribution in [0.3, 0.4) is 0 Å². The SMILES string of the molecule is CN=C(NC1C2CCOC2C12CCCC2)N1CCN(c2cccs2)CC1.I. The van der Waals surface area contributed by atoms with Crippen molar-refractivity contribution in [1.29, 1.82) is 0 Å². The molecule has 5 nitrogen and oxygen atoms in total. The van der Waals surface area contributed by atoms with Crippen molar-refractivity contribution in [2.24, 2.45) is 16.3 Å². The van der Waals surface area contributed by atoms with Crippen molar-refractivity contribution in [2.75, 3.05) is 44.7 Å². The summed E-state index contributed by atoms with van der Waals surface area (Å²) in [6.45, 7) is 5.19. The minimum atomic E-state index is 0. The number of hydrogen-bond donors (Lipinski definition) is 1. The first-order valence-corrected chi connectivity index (χ1v) is 11.1. The number of nitrogens with zero attached hydrogens (tertiary/aromatic N) is 3. The lowest BCUT2D eigenvalue weighted by Gasteiger charge is -2.57. The first-order chi connectivity index (χ1) is 12.8. The second kappa shape index (κ2) is 8.06. The lowest BCUT2D eigenvalue weighted by atomic mass is 9.54. The molecule has 5 rings (SSSR count). The van der Waals surface area contributed by atoms with Crippen molar-refractivity contribution < 1.29 is 4.74 Å². The summed E-state index contributed by atoms with van der Waals surface area (Å²) in [4.78, 5) is 9.62. The summed E-state index contributed by atoms with van der Waals surface area (Å²) < 4.78 is 6.14. The third-order valence-corrected chi connectivity index (χ3v) is 8.11. The van der Waals surface area contributed by atoms with Gasteiger partial charge in [-0.05, 0) is 36.8 Å². The third kappa shape index (κ3) is 3.27. The molecule has 3 atom stereocenters. The summed E-state index contributed by atoms with van der Waals surface area (Å²) in [5.74, 6) is 1.80. The van der Waals surface area contributed by atoms with E-state index in [1.807, 2.05) is 18.4 Å². The van der Waals surface area contributed by atoms with Crippen LogP contribution in [0.15, 0.2) is 22.5 Å². The van der Waals surface area contributed by atoms with E-state index >= 15 is 0 Å². The average molecular weight is 502 g/mol. The molecule has 4 aliphatic rings. The second-order valence-corrected chi connectivity index (χ2v) is 9.20. The molecule has 0 bridgehead atoms. The van der Waals surface area contributed by atoms with Crippen LogP contribution < -0.4 is 10.2 Å². The highest BCUT2D eigenvalue weighted by Crippen LogP contribution is 2.60. The first-order valence-electron chi connectivity index (χ1n) is 10.2. The molecule has 0 aromatic carbocycles. The van der Waals surface area contributed by atoms with Gasteiger partial charge in [0.15, 0.2) is 5.96 Å². The molecule has 1 aromatic heterocycles. The molecular weight excluding hydrogens is 471 g/mol. The predicted molar refractivity (Wildman–Crippen MR) is 123 cm³/mol. The summed E-state index contributed by atoms with van der Waals surface area (Å²) in [6, 6.07) is 4.93. The standard InChI is InChI=1S/C20H30N4OS.HI/c1-21-19(24-11-9-23(10-12-24)16-5-4-14-26-16)22-17-15-6-13-25-18(15)20(17)7-2-3-8-20;/h4-5,14-15,17-18H,2-3,6-13H2,1H3,(H,21,22);1H. The number of piperazine rings is 1. The van der Waals surface area contributed by atoms with Crippen molar-refractivity contribution in [2.45, 2.75) is 44.2 Å². The quantitative estimate of drug-likeness (QED) is 0.383. The van der Waals surface area contributed by atoms with Gasteiger partial charge in [-0.15, -0.1) is 35.3 Å². The van der Waals surface area contributed by atoms with Gasteiger partial charge in [-0.25, -0.2) is 0 Å². The van der Waals surface area contributed by atoms with Crippen molar-refractivity contribution in [3.8, 4) is 0 Å². The number of ether oxygens (including phenoxy) is 1. The number of anilines is 1. The fraction of sp³-hybridized carbons (Fsp3) is 0.750. The lowest BCUT2D eigenvalue weighted by molar-refractivity contribution is -0.125. The molecule has 1 N–H and O–H groups in total. The molecular formula is C20H31IN4OS. The molecule has 7 heteroatoms. The molecule has 2 saturated carbocycles. The molecule has 2 aliphatic carbocycles. The van der Waals surface area contributed by atoms with Gasteiger partial charge < -0.3 is 19.9 Å². The lowest BCUT2D eigenvalue weighted by Crippen LogP contribution is -2.70. The van der Waals surface area contributed by atoms with Crippen LogP contribution in [0.1, 0.15) is 32.1 Å². The zero-order valence-electron chi connectivity index (χ0n) is 16.1. The first kappa shape index (κ1) is 19.8. The van der Waals surface area contributed by atoms with Crippen molar-refractivity contribution in [3.63, 3.8) is 0 Å². The zero-order chi connectivity index (χ0) is 17.6. The van der Waals surface area contributed by atoms with Crippen LogP contribution in [0, 0.1) is 11.3 Å². The van der Waals surface area contributed by atoms with Gasteiger partial charge in [-0.2, -0.15) is 0 Å². The fourth-order valence-corrected chi connectivity index (χ4v) is 6.71. The van der Waals surface area contributed by atoms with Gasteiger partial charge in [0, 0.05) is 57.2 Å². The van der Waals surface area contributed by atoms with Crippen LogP contribution >= 0.6 is 35.3 Å². The van der Waals surface area contributed by atoms with Crippen molar-refractivity contribution >= 4 is 46.3 Å². The van der Waals surface area contributed by atoms with Gasteiger partial charge in [0.1, 0.15) is 0 Å². The Kier molecular flexibility index (Phi) is 5.90. The van der Waals surface area contributed by atoms with E-state index in [2.05, 4.69) is 37.6 Å². The highest BCUT2D eigenvalue weighted by molar-refractivity contribution is 14.0. The largest absolute Gasteiger partial charge is 0.377 e. The summed E-state index contributed by atoms with van der Waals surface area (Å²) in [6.07, 6.45) is 7.11. The van der Waals surface area contributed by atoms with E-state index < -0.39 is 0 Å². The molecule has 2 aliphatic heterocycles. The fourth-order valence-electron chi connectivity index (χ4n) is 5.93. The Morgan fingerprint density at radius 1 is 1.26 bits per heavy atom. The minimum Gasteiger partial charge on any atom is -0.377 e. The van der Waals surface area contributed by atoms with Crippen LogP contribution in [-0.4, -0.2) is 62.8 Å². The number of guanidine groups is 1. The van der Waals surface area contributed by atoms with Gasteiger partial charge >= 0.3 is 0 Å². The molecule has 3 unspecified atom stereocenters. The average Bonchev–Trinajstić information content (AvgIpc) is 3.42. The van der Waals surface area contributed by atoms with Crippen molar-refractivity contribution in [3.05, 3.63) is 17.5 Å². The number of aliphatic imine (C=N–C) groups is 1. The van der Waals surface area contributed by atoms with E-state index in [-0.39, 0.29) is 24.0 Å². The van der Waals surface area contributed by atoms with Crippen molar-refractivity contribution in [1.82, 2.24) is 10.2 Å². The highest BCUT2D eigenvalue weighted by atomic mass is 127. The molecule has 4 fully saturated rings. The second-order valence-electron chi connectivity index (χ2n) is 8.28. The molecule has 2 saturated heterocycles. The Morgan fingerprint density at radius 2 is 2.04 bits per heavy atom. The Hall–Kier alpha value is -0.540. The van der Waals surface area contributed by atoms with Crippen LogP contribution in [0.4, 0.5) is 5.00 Å². The summed E-state index contributed by atoms with van der Waals surface area (Å²) in [5.41, 5.74) is 0.385. The maximum Gasteiger partial charge on any atom is 0.194 e. The van der Waals surface area contributed by atoms with Gasteiger partial charge in [0.2, 0.25) is 0 Å². The van der Waals surface area contributed by atoms with Crippen LogP contribution in [0.5, 0.6) is 0 Å². The van der Waals surface area contributed by atoms with E-state index in [9.17, 15) is 0 Å². The third-order valence-electron chi connectivity index (χ3n) is 7.18. The summed E-state index contributed by atoms with van der Waals surface area (Å²) in [7, 11) is 1.94. The Morgan fingerprint density at radius 3 is 2.70 bits per heavy atom.